The molecule has 0 bridgehead atoms. The minimum Gasteiger partial charge on any atom is -0.435 e. The van der Waals surface area contributed by atoms with Gasteiger partial charge >= 0.3 is 6.61 Å². The van der Waals surface area contributed by atoms with Crippen LogP contribution < -0.4 is 4.74 Å². The van der Waals surface area contributed by atoms with Crippen LogP contribution in [0, 0.1) is 11.7 Å². The molecule has 182 valence electrons. The van der Waals surface area contributed by atoms with E-state index in [-0.39, 0.29) is 17.9 Å². The van der Waals surface area contributed by atoms with E-state index in [9.17, 15) is 8.78 Å². The van der Waals surface area contributed by atoms with Gasteiger partial charge in [-0.3, -0.25) is 0 Å². The fourth-order valence-electron chi connectivity index (χ4n) is 4.46. The highest BCUT2D eigenvalue weighted by Gasteiger charge is 2.21. The summed E-state index contributed by atoms with van der Waals surface area (Å²) in [5.74, 6) is 0.411. The number of hydrogen-bond donors (Lipinski definition) is 0. The molecule has 1 heterocycles. The zero-order valence-corrected chi connectivity index (χ0v) is 19.4. The highest BCUT2D eigenvalue weighted by Crippen LogP contribution is 2.26. The summed E-state index contributed by atoms with van der Waals surface area (Å²) in [5, 5.41) is 1.48. The highest BCUT2D eigenvalue weighted by molar-refractivity contribution is 5.84. The number of hydrogen-bond acceptors (Lipinski definition) is 3. The summed E-state index contributed by atoms with van der Waals surface area (Å²) in [5.41, 5.74) is 2.71. The van der Waals surface area contributed by atoms with Crippen LogP contribution >= 0.6 is 0 Å². The lowest BCUT2D eigenvalue weighted by atomic mass is 9.98. The van der Waals surface area contributed by atoms with Gasteiger partial charge in [-0.05, 0) is 59.9 Å². The Labute approximate surface area is 198 Å². The molecule has 1 fully saturated rings. The van der Waals surface area contributed by atoms with Crippen LogP contribution in [0.3, 0.4) is 0 Å². The van der Waals surface area contributed by atoms with Crippen molar-refractivity contribution in [1.82, 2.24) is 0 Å². The first kappa shape index (κ1) is 24.6. The third-order valence-corrected chi connectivity index (χ3v) is 6.33. The van der Waals surface area contributed by atoms with Gasteiger partial charge in [0, 0.05) is 17.7 Å². The Bertz CT molecular complexity index is 1060. The Morgan fingerprint density at radius 2 is 1.62 bits per heavy atom. The first-order valence-electron chi connectivity index (χ1n) is 12.0. The summed E-state index contributed by atoms with van der Waals surface area (Å²) in [6, 6.07) is 16.1. The molecule has 0 unspecified atom stereocenters. The van der Waals surface area contributed by atoms with Crippen LogP contribution in [-0.4, -0.2) is 26.1 Å². The fraction of sp³-hybridized carbons (Fsp3) is 0.429. The number of alkyl halides is 2. The Morgan fingerprint density at radius 1 is 0.882 bits per heavy atom. The minimum absolute atomic E-state index is 0.119. The summed E-state index contributed by atoms with van der Waals surface area (Å²) in [6.07, 6.45) is 4.83. The van der Waals surface area contributed by atoms with E-state index in [0.717, 1.165) is 55.4 Å². The van der Waals surface area contributed by atoms with Crippen LogP contribution in [0.5, 0.6) is 5.75 Å². The lowest BCUT2D eigenvalue weighted by Crippen LogP contribution is -2.32. The first-order valence-corrected chi connectivity index (χ1v) is 12.0. The fourth-order valence-corrected chi connectivity index (χ4v) is 4.46. The van der Waals surface area contributed by atoms with Crippen molar-refractivity contribution >= 4 is 10.8 Å². The van der Waals surface area contributed by atoms with Crippen LogP contribution in [-0.2, 0) is 28.7 Å². The number of fused-ring (bicyclic) bond motifs is 1. The maximum Gasteiger partial charge on any atom is 0.387 e. The summed E-state index contributed by atoms with van der Waals surface area (Å²) in [7, 11) is 0. The molecule has 3 nitrogen and oxygen atoms in total. The summed E-state index contributed by atoms with van der Waals surface area (Å²) in [4.78, 5) is 0. The largest absolute Gasteiger partial charge is 0.435 e. The molecule has 1 saturated heterocycles. The smallest absolute Gasteiger partial charge is 0.387 e. The predicted octanol–water partition coefficient (Wildman–Crippen LogP) is 7.09. The molecule has 0 aromatic heterocycles. The molecule has 1 aliphatic rings. The minimum atomic E-state index is -2.84. The molecule has 3 aromatic rings. The van der Waals surface area contributed by atoms with Gasteiger partial charge in [0.2, 0.25) is 0 Å². The van der Waals surface area contributed by atoms with E-state index in [2.05, 4.69) is 11.7 Å². The van der Waals surface area contributed by atoms with Gasteiger partial charge in [-0.25, -0.2) is 4.39 Å². The van der Waals surface area contributed by atoms with Gasteiger partial charge in [-0.1, -0.05) is 55.8 Å². The van der Waals surface area contributed by atoms with Gasteiger partial charge in [-0.2, -0.15) is 8.78 Å². The molecular formula is C28H31F3O3. The molecule has 0 amide bonds. The molecule has 0 saturated carbocycles. The van der Waals surface area contributed by atoms with Crippen LogP contribution in [0.15, 0.2) is 54.6 Å². The number of benzene rings is 3. The SMILES string of the molecule is CCCC1COC(CCc2ccc3c(F)c(CCc4ccc(OC(F)F)cc4)ccc3c2)OC1. The molecule has 1 aliphatic heterocycles. The van der Waals surface area contributed by atoms with E-state index in [1.54, 1.807) is 12.1 Å². The van der Waals surface area contributed by atoms with Crippen molar-refractivity contribution in [2.45, 2.75) is 58.4 Å². The van der Waals surface area contributed by atoms with E-state index in [1.807, 2.05) is 30.3 Å². The second-order valence-corrected chi connectivity index (χ2v) is 8.91. The van der Waals surface area contributed by atoms with Crippen molar-refractivity contribution in [3.05, 3.63) is 77.1 Å². The molecule has 0 radical (unpaired) electrons. The number of ether oxygens (including phenoxy) is 3. The maximum atomic E-state index is 15.1. The lowest BCUT2D eigenvalue weighted by Gasteiger charge is -2.29. The van der Waals surface area contributed by atoms with Gasteiger partial charge < -0.3 is 14.2 Å². The van der Waals surface area contributed by atoms with E-state index in [0.29, 0.717) is 29.7 Å². The molecule has 4 rings (SSSR count). The van der Waals surface area contributed by atoms with Crippen LogP contribution in [0.2, 0.25) is 0 Å². The molecule has 0 spiro atoms. The number of rotatable bonds is 10. The molecule has 3 aromatic carbocycles. The van der Waals surface area contributed by atoms with Crippen LogP contribution in [0.25, 0.3) is 10.8 Å². The standard InChI is InChI=1S/C28H31F3O3/c1-2-3-21-17-32-26(33-18-21)15-8-20-7-14-25-23(16-20)11-10-22(27(25)29)9-4-19-5-12-24(13-6-19)34-28(30)31/h5-7,10-14,16,21,26,28H,2-4,8-9,15,17-18H2,1H3. The zero-order valence-electron chi connectivity index (χ0n) is 19.4. The lowest BCUT2D eigenvalue weighted by molar-refractivity contribution is -0.203. The van der Waals surface area contributed by atoms with Crippen molar-refractivity contribution < 1.29 is 27.4 Å². The van der Waals surface area contributed by atoms with E-state index < -0.39 is 6.61 Å². The molecule has 6 heteroatoms. The molecular weight excluding hydrogens is 441 g/mol. The van der Waals surface area contributed by atoms with Crippen molar-refractivity contribution in [2.24, 2.45) is 5.92 Å². The average Bonchev–Trinajstić information content (AvgIpc) is 2.84. The maximum absolute atomic E-state index is 15.1. The van der Waals surface area contributed by atoms with Gasteiger partial charge in [0.25, 0.3) is 0 Å². The van der Waals surface area contributed by atoms with Gasteiger partial charge in [0.15, 0.2) is 6.29 Å². The molecule has 0 N–H and O–H groups in total. The third-order valence-electron chi connectivity index (χ3n) is 6.33. The van der Waals surface area contributed by atoms with Gasteiger partial charge in [0.05, 0.1) is 13.2 Å². The normalized spacial score (nSPS) is 18.5. The van der Waals surface area contributed by atoms with Crippen molar-refractivity contribution in [3.8, 4) is 5.75 Å². The Hall–Kier alpha value is -2.57. The second kappa shape index (κ2) is 11.7. The van der Waals surface area contributed by atoms with Crippen molar-refractivity contribution in [2.75, 3.05) is 13.2 Å². The van der Waals surface area contributed by atoms with Crippen LogP contribution in [0.1, 0.15) is 42.9 Å². The summed E-state index contributed by atoms with van der Waals surface area (Å²) < 4.78 is 55.8. The number of aryl methyl sites for hydroxylation is 3. The monoisotopic (exact) mass is 472 g/mol. The van der Waals surface area contributed by atoms with Gasteiger partial charge in [0.1, 0.15) is 11.6 Å². The van der Waals surface area contributed by atoms with E-state index in [1.165, 1.54) is 12.1 Å². The first-order chi connectivity index (χ1) is 16.5. The topological polar surface area (TPSA) is 27.7 Å². The average molecular weight is 473 g/mol. The van der Waals surface area contributed by atoms with Gasteiger partial charge in [-0.15, -0.1) is 0 Å². The highest BCUT2D eigenvalue weighted by atomic mass is 19.3. The third kappa shape index (κ3) is 6.51. The Balaban J connectivity index is 1.33. The van der Waals surface area contributed by atoms with Crippen molar-refractivity contribution in [1.29, 1.82) is 0 Å². The van der Waals surface area contributed by atoms with E-state index >= 15 is 4.39 Å². The zero-order chi connectivity index (χ0) is 23.9. The summed E-state index contributed by atoms with van der Waals surface area (Å²) >= 11 is 0. The Kier molecular flexibility index (Phi) is 8.46. The molecule has 0 aliphatic carbocycles. The predicted molar refractivity (Wildman–Crippen MR) is 127 cm³/mol. The molecule has 34 heavy (non-hydrogen) atoms. The second-order valence-electron chi connectivity index (χ2n) is 8.91. The number of halogens is 3. The quantitative estimate of drug-likeness (QED) is 0.315. The Morgan fingerprint density at radius 3 is 2.32 bits per heavy atom. The van der Waals surface area contributed by atoms with Crippen molar-refractivity contribution in [3.63, 3.8) is 0 Å². The van der Waals surface area contributed by atoms with E-state index in [4.69, 9.17) is 9.47 Å². The summed E-state index contributed by atoms with van der Waals surface area (Å²) in [6.45, 7) is 0.855. The molecule has 0 atom stereocenters. The van der Waals surface area contributed by atoms with Crippen LogP contribution in [0.4, 0.5) is 13.2 Å².